The molecule has 1 aliphatic rings. The summed E-state index contributed by atoms with van der Waals surface area (Å²) < 4.78 is 33.8. The zero-order valence-corrected chi connectivity index (χ0v) is 21.9. The molecule has 0 spiro atoms. The van der Waals surface area contributed by atoms with Gasteiger partial charge in [-0.05, 0) is 68.9 Å². The first kappa shape index (κ1) is 25.3. The average molecular weight is 511 g/mol. The second-order valence-electron chi connectivity index (χ2n) is 9.01. The fraction of sp³-hybridized carbons (Fsp3) is 0.423. The predicted octanol–water partition coefficient (Wildman–Crippen LogP) is 5.63. The van der Waals surface area contributed by atoms with Crippen LogP contribution in [0.25, 0.3) is 21.1 Å². The van der Waals surface area contributed by atoms with Gasteiger partial charge in [-0.15, -0.1) is 10.2 Å². The summed E-state index contributed by atoms with van der Waals surface area (Å²) in [4.78, 5) is 0. The third-order valence-electron chi connectivity index (χ3n) is 5.96. The first-order valence-electron chi connectivity index (χ1n) is 12.0. The van der Waals surface area contributed by atoms with Gasteiger partial charge in [0.2, 0.25) is 10.0 Å². The number of ether oxygens (including phenoxy) is 1. The highest BCUT2D eigenvalue weighted by Crippen LogP contribution is 2.39. The van der Waals surface area contributed by atoms with Crippen molar-refractivity contribution < 1.29 is 13.2 Å². The molecule has 0 fully saturated rings. The summed E-state index contributed by atoms with van der Waals surface area (Å²) in [6.45, 7) is 5.84. The van der Waals surface area contributed by atoms with E-state index < -0.39 is 10.0 Å². The number of hydrogen-bond donors (Lipinski definition) is 1. The normalized spacial score (nSPS) is 15.6. The Bertz CT molecular complexity index is 1340. The lowest BCUT2D eigenvalue weighted by Crippen LogP contribution is -2.32. The van der Waals surface area contributed by atoms with Crippen molar-refractivity contribution >= 4 is 21.4 Å². The van der Waals surface area contributed by atoms with Crippen molar-refractivity contribution in [2.45, 2.75) is 65.0 Å². The van der Waals surface area contributed by atoms with Crippen LogP contribution >= 0.6 is 11.3 Å². The molecule has 0 amide bonds. The summed E-state index contributed by atoms with van der Waals surface area (Å²) in [7, 11) is -3.33. The Morgan fingerprint density at radius 3 is 2.77 bits per heavy atom. The lowest BCUT2D eigenvalue weighted by atomic mass is 9.85. The van der Waals surface area contributed by atoms with E-state index in [-0.39, 0.29) is 17.9 Å². The third-order valence-corrected chi connectivity index (χ3v) is 8.44. The number of rotatable bonds is 9. The number of sulfonamides is 1. The Labute approximate surface area is 211 Å². The van der Waals surface area contributed by atoms with Gasteiger partial charge in [0.05, 0.1) is 17.4 Å². The molecule has 2 aromatic carbocycles. The number of nitrogens with one attached hydrogen (secondary N) is 1. The maximum absolute atomic E-state index is 12.6. The maximum atomic E-state index is 12.6. The molecule has 3 aromatic rings. The Kier molecular flexibility index (Phi) is 7.85. The number of unbranched alkanes of at least 4 members (excludes halogenated alkanes) is 1. The molecule has 1 atom stereocenters. The summed E-state index contributed by atoms with van der Waals surface area (Å²) in [5.74, 6) is 0.709. The monoisotopic (exact) mass is 510 g/mol. The molecule has 1 aliphatic carbocycles. The summed E-state index contributed by atoms with van der Waals surface area (Å²) in [5, 5.41) is 19.9. The van der Waals surface area contributed by atoms with Crippen LogP contribution in [-0.2, 0) is 16.4 Å². The summed E-state index contributed by atoms with van der Waals surface area (Å²) in [5.41, 5.74) is 4.41. The van der Waals surface area contributed by atoms with Crippen LogP contribution in [0.3, 0.4) is 0 Å². The predicted molar refractivity (Wildman–Crippen MR) is 139 cm³/mol. The number of aromatic nitrogens is 2. The zero-order valence-electron chi connectivity index (χ0n) is 20.2. The lowest BCUT2D eigenvalue weighted by molar-refractivity contribution is 0.242. The number of fused-ring (bicyclic) bond motifs is 1. The van der Waals surface area contributed by atoms with Crippen LogP contribution in [0.2, 0.25) is 0 Å². The highest BCUT2D eigenvalue weighted by Gasteiger charge is 2.27. The Morgan fingerprint density at radius 1 is 1.23 bits per heavy atom. The number of benzene rings is 2. The van der Waals surface area contributed by atoms with E-state index in [0.29, 0.717) is 17.7 Å². The van der Waals surface area contributed by atoms with Crippen LogP contribution in [-0.4, -0.2) is 30.5 Å². The van der Waals surface area contributed by atoms with Crippen LogP contribution in [0.1, 0.15) is 69.2 Å². The van der Waals surface area contributed by atoms with E-state index >= 15 is 0 Å². The second-order valence-corrected chi connectivity index (χ2v) is 11.9. The summed E-state index contributed by atoms with van der Waals surface area (Å²) >= 11 is 1.47. The first-order valence-corrected chi connectivity index (χ1v) is 14.4. The van der Waals surface area contributed by atoms with Gasteiger partial charge < -0.3 is 4.74 Å². The van der Waals surface area contributed by atoms with Gasteiger partial charge in [-0.25, -0.2) is 13.1 Å². The molecule has 4 rings (SSSR count). The molecular formula is C26H30N4O3S2. The highest BCUT2D eigenvalue weighted by atomic mass is 32.2. The number of hydrogen-bond acceptors (Lipinski definition) is 7. The fourth-order valence-corrected chi connectivity index (χ4v) is 6.69. The standard InChI is InChI=1S/C26H30N4O3S2/c1-4-5-14-35(31,32)30-23-11-7-8-20-21(23)9-6-10-22(20)26-29-28-25(34-26)18-12-13-24(33-17(2)3)19(15-18)16-27/h6,9-10,12-13,15,17,23,30H,4-5,7-8,11,14H2,1-3H3/t23-/m0/s1. The van der Waals surface area contributed by atoms with Crippen LogP contribution in [0, 0.1) is 11.3 Å². The molecule has 184 valence electrons. The van der Waals surface area contributed by atoms with Gasteiger partial charge in [0.15, 0.2) is 0 Å². The minimum Gasteiger partial charge on any atom is -0.490 e. The van der Waals surface area contributed by atoms with Crippen molar-refractivity contribution in [3.63, 3.8) is 0 Å². The molecule has 0 radical (unpaired) electrons. The first-order chi connectivity index (χ1) is 16.8. The van der Waals surface area contributed by atoms with Gasteiger partial charge in [0.25, 0.3) is 0 Å². The van der Waals surface area contributed by atoms with Gasteiger partial charge in [-0.1, -0.05) is 42.9 Å². The van der Waals surface area contributed by atoms with Crippen LogP contribution in [0.4, 0.5) is 0 Å². The number of nitrogens with zero attached hydrogens (tertiary/aromatic N) is 3. The smallest absolute Gasteiger partial charge is 0.212 e. The third kappa shape index (κ3) is 5.89. The molecule has 1 heterocycles. The summed E-state index contributed by atoms with van der Waals surface area (Å²) in [6.07, 6.45) is 4.03. The van der Waals surface area contributed by atoms with Crippen molar-refractivity contribution in [2.24, 2.45) is 0 Å². The second kappa shape index (κ2) is 10.9. The number of nitriles is 1. The minimum absolute atomic E-state index is 0.0229. The van der Waals surface area contributed by atoms with Crippen molar-refractivity contribution in [1.29, 1.82) is 5.26 Å². The molecule has 0 bridgehead atoms. The molecule has 9 heteroatoms. The van der Waals surface area contributed by atoms with Crippen molar-refractivity contribution in [3.05, 3.63) is 53.1 Å². The topological polar surface area (TPSA) is 105 Å². The van der Waals surface area contributed by atoms with E-state index in [1.54, 1.807) is 12.1 Å². The molecule has 35 heavy (non-hydrogen) atoms. The Morgan fingerprint density at radius 2 is 2.03 bits per heavy atom. The van der Waals surface area contributed by atoms with E-state index in [4.69, 9.17) is 4.74 Å². The van der Waals surface area contributed by atoms with Crippen molar-refractivity contribution in [2.75, 3.05) is 5.75 Å². The molecule has 1 aromatic heterocycles. The van der Waals surface area contributed by atoms with E-state index in [0.717, 1.165) is 58.0 Å². The van der Waals surface area contributed by atoms with Gasteiger partial charge in [0.1, 0.15) is 21.8 Å². The molecule has 0 aliphatic heterocycles. The van der Waals surface area contributed by atoms with Crippen molar-refractivity contribution in [3.8, 4) is 33.0 Å². The SMILES string of the molecule is CCCCS(=O)(=O)N[C@H]1CCCc2c(-c3nnc(-c4ccc(OC(C)C)c(C#N)c4)s3)cccc21. The van der Waals surface area contributed by atoms with Gasteiger partial charge in [-0.3, -0.25) is 0 Å². The van der Waals surface area contributed by atoms with Gasteiger partial charge in [0, 0.05) is 17.2 Å². The van der Waals surface area contributed by atoms with Gasteiger partial charge >= 0.3 is 0 Å². The minimum atomic E-state index is -3.33. The van der Waals surface area contributed by atoms with Crippen molar-refractivity contribution in [1.82, 2.24) is 14.9 Å². The van der Waals surface area contributed by atoms with E-state index in [1.165, 1.54) is 11.3 Å². The quantitative estimate of drug-likeness (QED) is 0.400. The molecule has 1 N–H and O–H groups in total. The van der Waals surface area contributed by atoms with Crippen LogP contribution in [0.15, 0.2) is 36.4 Å². The fourth-order valence-electron chi connectivity index (χ4n) is 4.34. The summed E-state index contributed by atoms with van der Waals surface area (Å²) in [6, 6.07) is 13.5. The van der Waals surface area contributed by atoms with E-state index in [1.807, 2.05) is 45.0 Å². The molecule has 0 saturated carbocycles. The molecule has 7 nitrogen and oxygen atoms in total. The van der Waals surface area contributed by atoms with Gasteiger partial charge in [-0.2, -0.15) is 5.26 Å². The van der Waals surface area contributed by atoms with Crippen LogP contribution in [0.5, 0.6) is 5.75 Å². The average Bonchev–Trinajstić information content (AvgIpc) is 3.32. The zero-order chi connectivity index (χ0) is 25.0. The lowest BCUT2D eigenvalue weighted by Gasteiger charge is -2.27. The largest absolute Gasteiger partial charge is 0.490 e. The van der Waals surface area contributed by atoms with E-state index in [9.17, 15) is 13.7 Å². The molecule has 0 unspecified atom stereocenters. The molecule has 0 saturated heterocycles. The van der Waals surface area contributed by atoms with E-state index in [2.05, 4.69) is 21.0 Å². The highest BCUT2D eigenvalue weighted by molar-refractivity contribution is 7.89. The van der Waals surface area contributed by atoms with Crippen LogP contribution < -0.4 is 9.46 Å². The Hall–Kier alpha value is -2.80. The maximum Gasteiger partial charge on any atom is 0.212 e. The Balaban J connectivity index is 1.63. The molecular weight excluding hydrogens is 480 g/mol.